The molecular weight excluding hydrogens is 198 g/mol. The number of β-amino-alcohol motifs (C(OH)–C–C–N with tert-alkyl or cyclic N) is 2. The predicted octanol–water partition coefficient (Wildman–Crippen LogP) is -1.40. The van der Waals surface area contributed by atoms with Gasteiger partial charge in [0.25, 0.3) is 5.91 Å². The minimum absolute atomic E-state index is 0.163. The van der Waals surface area contributed by atoms with Crippen molar-refractivity contribution in [2.75, 3.05) is 13.1 Å². The number of hydrogen-bond acceptors (Lipinski definition) is 4. The van der Waals surface area contributed by atoms with Gasteiger partial charge in [-0.15, -0.1) is 0 Å². The first kappa shape index (κ1) is 10.1. The Hall–Kier alpha value is -1.40. The highest BCUT2D eigenvalue weighted by atomic mass is 16.3. The summed E-state index contributed by atoms with van der Waals surface area (Å²) >= 11 is 0. The van der Waals surface area contributed by atoms with Gasteiger partial charge in [-0.25, -0.2) is 0 Å². The number of nitrogens with zero attached hydrogens (tertiary/aromatic N) is 3. The van der Waals surface area contributed by atoms with Gasteiger partial charge in [-0.3, -0.25) is 9.48 Å². The zero-order chi connectivity index (χ0) is 11.0. The molecule has 1 amide bonds. The number of aromatic nitrogens is 2. The van der Waals surface area contributed by atoms with Gasteiger partial charge in [0.05, 0.1) is 12.2 Å². The Morgan fingerprint density at radius 2 is 2.07 bits per heavy atom. The summed E-state index contributed by atoms with van der Waals surface area (Å²) in [5.41, 5.74) is 0.332. The number of carbonyl (C=O) groups excluding carboxylic acids is 1. The van der Waals surface area contributed by atoms with E-state index in [1.54, 1.807) is 19.3 Å². The first-order chi connectivity index (χ1) is 7.08. The number of aliphatic hydroxyl groups is 2. The molecule has 2 unspecified atom stereocenters. The fraction of sp³-hybridized carbons (Fsp3) is 0.556. The van der Waals surface area contributed by atoms with E-state index in [1.165, 1.54) is 9.58 Å². The van der Waals surface area contributed by atoms with Crippen LogP contribution in [0, 0.1) is 0 Å². The first-order valence-corrected chi connectivity index (χ1v) is 4.73. The van der Waals surface area contributed by atoms with Crippen LogP contribution in [0.5, 0.6) is 0 Å². The monoisotopic (exact) mass is 211 g/mol. The predicted molar refractivity (Wildman–Crippen MR) is 51.1 cm³/mol. The van der Waals surface area contributed by atoms with E-state index in [9.17, 15) is 15.0 Å². The molecule has 2 rings (SSSR count). The highest BCUT2D eigenvalue weighted by molar-refractivity contribution is 5.92. The maximum atomic E-state index is 11.8. The second-order valence-electron chi connectivity index (χ2n) is 3.72. The van der Waals surface area contributed by atoms with Crippen molar-refractivity contribution < 1.29 is 15.0 Å². The van der Waals surface area contributed by atoms with Gasteiger partial charge in [-0.1, -0.05) is 0 Å². The molecule has 0 spiro atoms. The van der Waals surface area contributed by atoms with E-state index in [1.807, 2.05) is 0 Å². The molecule has 6 nitrogen and oxygen atoms in total. The topological polar surface area (TPSA) is 78.6 Å². The summed E-state index contributed by atoms with van der Waals surface area (Å²) in [6.45, 7) is 0.327. The standard InChI is InChI=1S/C9H13N3O3/c1-11-3-2-6(10-11)9(15)12-4-7(13)8(14)5-12/h2-3,7-8,13-14H,4-5H2,1H3. The number of likely N-dealkylation sites (tertiary alicyclic amines) is 1. The molecule has 0 saturated carbocycles. The van der Waals surface area contributed by atoms with Crippen molar-refractivity contribution in [3.05, 3.63) is 18.0 Å². The van der Waals surface area contributed by atoms with Crippen LogP contribution in [0.25, 0.3) is 0 Å². The second kappa shape index (κ2) is 3.63. The normalized spacial score (nSPS) is 25.9. The van der Waals surface area contributed by atoms with E-state index in [0.717, 1.165) is 0 Å². The van der Waals surface area contributed by atoms with Crippen LogP contribution in [0.4, 0.5) is 0 Å². The quantitative estimate of drug-likeness (QED) is 0.598. The molecule has 1 saturated heterocycles. The summed E-state index contributed by atoms with van der Waals surface area (Å²) in [7, 11) is 1.73. The lowest BCUT2D eigenvalue weighted by Crippen LogP contribution is -2.30. The first-order valence-electron chi connectivity index (χ1n) is 4.73. The largest absolute Gasteiger partial charge is 0.388 e. The van der Waals surface area contributed by atoms with Gasteiger partial charge < -0.3 is 15.1 Å². The highest BCUT2D eigenvalue weighted by Crippen LogP contribution is 2.12. The van der Waals surface area contributed by atoms with Gasteiger partial charge in [0.1, 0.15) is 5.69 Å². The number of hydrogen-bond donors (Lipinski definition) is 2. The molecule has 1 aliphatic rings. The molecular formula is C9H13N3O3. The maximum Gasteiger partial charge on any atom is 0.274 e. The molecule has 15 heavy (non-hydrogen) atoms. The summed E-state index contributed by atoms with van der Waals surface area (Å²) in [6.07, 6.45) is -0.0220. The van der Waals surface area contributed by atoms with Crippen LogP contribution < -0.4 is 0 Å². The van der Waals surface area contributed by atoms with E-state index in [0.29, 0.717) is 5.69 Å². The van der Waals surface area contributed by atoms with Gasteiger partial charge >= 0.3 is 0 Å². The Morgan fingerprint density at radius 3 is 2.53 bits per heavy atom. The van der Waals surface area contributed by atoms with E-state index in [4.69, 9.17) is 0 Å². The SMILES string of the molecule is Cn1ccc(C(=O)N2CC(O)C(O)C2)n1. The number of rotatable bonds is 1. The summed E-state index contributed by atoms with van der Waals surface area (Å²) in [6, 6.07) is 1.61. The molecule has 0 aromatic carbocycles. The molecule has 0 bridgehead atoms. The molecule has 2 heterocycles. The van der Waals surface area contributed by atoms with Crippen molar-refractivity contribution in [3.63, 3.8) is 0 Å². The number of aryl methyl sites for hydroxylation is 1. The average Bonchev–Trinajstić information content (AvgIpc) is 2.74. The van der Waals surface area contributed by atoms with Gasteiger partial charge in [0, 0.05) is 26.3 Å². The van der Waals surface area contributed by atoms with Crippen LogP contribution in [0.1, 0.15) is 10.5 Å². The molecule has 6 heteroatoms. The fourth-order valence-corrected chi connectivity index (χ4v) is 1.63. The van der Waals surface area contributed by atoms with Crippen LogP contribution in [0.15, 0.2) is 12.3 Å². The van der Waals surface area contributed by atoms with Crippen molar-refractivity contribution in [1.82, 2.24) is 14.7 Å². The molecule has 0 radical (unpaired) electrons. The average molecular weight is 211 g/mol. The Bertz CT molecular complexity index is 366. The third kappa shape index (κ3) is 1.86. The van der Waals surface area contributed by atoms with Gasteiger partial charge in [-0.2, -0.15) is 5.10 Å². The Balaban J connectivity index is 2.10. The third-order valence-corrected chi connectivity index (χ3v) is 2.48. The fourth-order valence-electron chi connectivity index (χ4n) is 1.63. The smallest absolute Gasteiger partial charge is 0.274 e. The Labute approximate surface area is 86.7 Å². The lowest BCUT2D eigenvalue weighted by Gasteiger charge is -2.12. The van der Waals surface area contributed by atoms with Crippen LogP contribution in [-0.4, -0.2) is 56.1 Å². The van der Waals surface area contributed by atoms with Gasteiger partial charge in [-0.05, 0) is 6.07 Å². The second-order valence-corrected chi connectivity index (χ2v) is 3.72. The highest BCUT2D eigenvalue weighted by Gasteiger charge is 2.33. The van der Waals surface area contributed by atoms with Crippen molar-refractivity contribution in [2.45, 2.75) is 12.2 Å². The van der Waals surface area contributed by atoms with E-state index < -0.39 is 12.2 Å². The van der Waals surface area contributed by atoms with E-state index in [2.05, 4.69) is 5.10 Å². The van der Waals surface area contributed by atoms with Crippen LogP contribution in [0.2, 0.25) is 0 Å². The molecule has 0 aliphatic carbocycles. The molecule has 2 atom stereocenters. The van der Waals surface area contributed by atoms with Crippen molar-refractivity contribution in [2.24, 2.45) is 7.05 Å². The lowest BCUT2D eigenvalue weighted by molar-refractivity contribution is 0.0572. The van der Waals surface area contributed by atoms with E-state index in [-0.39, 0.29) is 19.0 Å². The lowest BCUT2D eigenvalue weighted by atomic mass is 10.3. The summed E-state index contributed by atoms with van der Waals surface area (Å²) in [5.74, 6) is -0.258. The molecule has 2 N–H and O–H groups in total. The molecule has 1 fully saturated rings. The maximum absolute atomic E-state index is 11.8. The third-order valence-electron chi connectivity index (χ3n) is 2.48. The number of carbonyl (C=O) groups is 1. The molecule has 1 aromatic rings. The van der Waals surface area contributed by atoms with E-state index >= 15 is 0 Å². The summed E-state index contributed by atoms with van der Waals surface area (Å²) in [4.78, 5) is 13.2. The minimum Gasteiger partial charge on any atom is -0.388 e. The van der Waals surface area contributed by atoms with Gasteiger partial charge in [0.2, 0.25) is 0 Å². The van der Waals surface area contributed by atoms with Crippen LogP contribution >= 0.6 is 0 Å². The van der Waals surface area contributed by atoms with Gasteiger partial charge in [0.15, 0.2) is 0 Å². The molecule has 1 aromatic heterocycles. The number of aliphatic hydroxyl groups excluding tert-OH is 2. The molecule has 1 aliphatic heterocycles. The van der Waals surface area contributed by atoms with Crippen LogP contribution in [-0.2, 0) is 7.05 Å². The van der Waals surface area contributed by atoms with Crippen LogP contribution in [0.3, 0.4) is 0 Å². The number of amides is 1. The zero-order valence-corrected chi connectivity index (χ0v) is 8.37. The Morgan fingerprint density at radius 1 is 1.47 bits per heavy atom. The summed E-state index contributed by atoms with van der Waals surface area (Å²) in [5, 5.41) is 22.6. The minimum atomic E-state index is -0.849. The zero-order valence-electron chi connectivity index (χ0n) is 8.37. The molecule has 82 valence electrons. The Kier molecular flexibility index (Phi) is 2.45. The van der Waals surface area contributed by atoms with Crippen molar-refractivity contribution in [3.8, 4) is 0 Å². The van der Waals surface area contributed by atoms with Crippen molar-refractivity contribution >= 4 is 5.91 Å². The summed E-state index contributed by atoms with van der Waals surface area (Å²) < 4.78 is 1.54. The van der Waals surface area contributed by atoms with Crippen molar-refractivity contribution in [1.29, 1.82) is 0 Å².